The van der Waals surface area contributed by atoms with Crippen LogP contribution in [0, 0.1) is 24.2 Å². The lowest BCUT2D eigenvalue weighted by molar-refractivity contribution is 0.102. The van der Waals surface area contributed by atoms with Gasteiger partial charge < -0.3 is 15.2 Å². The Hall–Kier alpha value is -4.44. The molecule has 0 unspecified atom stereocenters. The first-order chi connectivity index (χ1) is 16.3. The molecule has 1 heterocycles. The third kappa shape index (κ3) is 4.97. The second kappa shape index (κ2) is 9.59. The molecule has 0 saturated heterocycles. The first kappa shape index (κ1) is 22.7. The maximum atomic E-state index is 12.9. The van der Waals surface area contributed by atoms with Crippen LogP contribution < -0.4 is 16.2 Å². The minimum Gasteiger partial charge on any atom is -0.355 e. The second-order valence-electron chi connectivity index (χ2n) is 8.44. The third-order valence-corrected chi connectivity index (χ3v) is 5.64. The van der Waals surface area contributed by atoms with Gasteiger partial charge in [-0.1, -0.05) is 18.2 Å². The van der Waals surface area contributed by atoms with Crippen LogP contribution in [-0.4, -0.2) is 15.5 Å². The monoisotopic (exact) mass is 451 g/mol. The number of aryl methyl sites for hydroxylation is 2. The Kier molecular flexibility index (Phi) is 6.42. The van der Waals surface area contributed by atoms with Crippen molar-refractivity contribution in [1.82, 2.24) is 9.55 Å². The number of hydrogen-bond donors (Lipinski definition) is 2. The number of carbonyl (C=O) groups is 1. The van der Waals surface area contributed by atoms with Crippen LogP contribution in [0.3, 0.4) is 0 Å². The standard InChI is InChI=1S/C27H25N5O2/c1-17(15-28)11-19-5-4-6-20(12-19)26(33)31-22-8-7-18(2)25(14-22)30-21-9-10-24-23(13-21)27(34)32(3)16-29-24/h4-10,12-14,16-17,30H,11H2,1-3H3,(H,31,33)/t17-/m1/s1. The zero-order valence-corrected chi connectivity index (χ0v) is 19.3. The molecule has 4 rings (SSSR count). The molecule has 7 heteroatoms. The molecule has 0 aliphatic carbocycles. The summed E-state index contributed by atoms with van der Waals surface area (Å²) in [6.45, 7) is 3.83. The Morgan fingerprint density at radius 3 is 2.71 bits per heavy atom. The molecule has 0 aliphatic heterocycles. The highest BCUT2D eigenvalue weighted by Gasteiger charge is 2.11. The second-order valence-corrected chi connectivity index (χ2v) is 8.44. The highest BCUT2D eigenvalue weighted by atomic mass is 16.1. The van der Waals surface area contributed by atoms with Crippen molar-refractivity contribution in [3.05, 3.63) is 94.0 Å². The van der Waals surface area contributed by atoms with E-state index >= 15 is 0 Å². The molecule has 0 aliphatic rings. The van der Waals surface area contributed by atoms with Gasteiger partial charge in [-0.3, -0.25) is 9.59 Å². The molecule has 1 atom stereocenters. The van der Waals surface area contributed by atoms with Crippen LogP contribution in [-0.2, 0) is 13.5 Å². The molecule has 0 saturated carbocycles. The number of rotatable bonds is 6. The van der Waals surface area contributed by atoms with Gasteiger partial charge in [0.25, 0.3) is 11.5 Å². The van der Waals surface area contributed by atoms with E-state index in [1.807, 2.05) is 56.3 Å². The van der Waals surface area contributed by atoms with Crippen molar-refractivity contribution < 1.29 is 4.79 Å². The smallest absolute Gasteiger partial charge is 0.260 e. The van der Waals surface area contributed by atoms with Crippen LogP contribution >= 0.6 is 0 Å². The van der Waals surface area contributed by atoms with Crippen molar-refractivity contribution in [3.8, 4) is 6.07 Å². The molecule has 0 bridgehead atoms. The summed E-state index contributed by atoms with van der Waals surface area (Å²) in [6, 6.07) is 20.6. The van der Waals surface area contributed by atoms with Crippen molar-refractivity contribution in [2.24, 2.45) is 13.0 Å². The van der Waals surface area contributed by atoms with Crippen LogP contribution in [0.4, 0.5) is 17.1 Å². The molecule has 34 heavy (non-hydrogen) atoms. The van der Waals surface area contributed by atoms with Gasteiger partial charge in [-0.15, -0.1) is 0 Å². The van der Waals surface area contributed by atoms with Crippen LogP contribution in [0.1, 0.15) is 28.4 Å². The van der Waals surface area contributed by atoms with E-state index in [0.29, 0.717) is 28.6 Å². The van der Waals surface area contributed by atoms with Gasteiger partial charge in [-0.2, -0.15) is 5.26 Å². The van der Waals surface area contributed by atoms with E-state index in [4.69, 9.17) is 5.26 Å². The molecular formula is C27H25N5O2. The van der Waals surface area contributed by atoms with Crippen LogP contribution in [0.25, 0.3) is 10.9 Å². The van der Waals surface area contributed by atoms with Crippen LogP contribution in [0.15, 0.2) is 71.8 Å². The zero-order chi connectivity index (χ0) is 24.2. The van der Waals surface area contributed by atoms with Crippen molar-refractivity contribution in [2.45, 2.75) is 20.3 Å². The van der Waals surface area contributed by atoms with Gasteiger partial charge in [0.05, 0.1) is 23.3 Å². The number of carbonyl (C=O) groups excluding carboxylic acids is 1. The summed E-state index contributed by atoms with van der Waals surface area (Å²) in [7, 11) is 1.67. The molecule has 3 aromatic carbocycles. The molecule has 2 N–H and O–H groups in total. The van der Waals surface area contributed by atoms with E-state index in [1.54, 1.807) is 25.2 Å². The Morgan fingerprint density at radius 2 is 1.91 bits per heavy atom. The number of nitrogens with zero attached hydrogens (tertiary/aromatic N) is 3. The Morgan fingerprint density at radius 1 is 1.12 bits per heavy atom. The first-order valence-corrected chi connectivity index (χ1v) is 11.0. The zero-order valence-electron chi connectivity index (χ0n) is 19.3. The highest BCUT2D eigenvalue weighted by Crippen LogP contribution is 2.26. The summed E-state index contributed by atoms with van der Waals surface area (Å²) in [4.78, 5) is 29.6. The fourth-order valence-electron chi connectivity index (χ4n) is 3.72. The number of hydrogen-bond acceptors (Lipinski definition) is 5. The Balaban J connectivity index is 1.55. The molecule has 0 spiro atoms. The SMILES string of the molecule is Cc1ccc(NC(=O)c2cccc(C[C@@H](C)C#N)c2)cc1Nc1ccc2ncn(C)c(=O)c2c1. The van der Waals surface area contributed by atoms with E-state index in [9.17, 15) is 9.59 Å². The van der Waals surface area contributed by atoms with Crippen molar-refractivity contribution in [2.75, 3.05) is 10.6 Å². The molecule has 1 amide bonds. The van der Waals surface area contributed by atoms with Crippen molar-refractivity contribution in [3.63, 3.8) is 0 Å². The molecule has 170 valence electrons. The lowest BCUT2D eigenvalue weighted by atomic mass is 10.0. The predicted octanol–water partition coefficient (Wildman–Crippen LogP) is 4.94. The summed E-state index contributed by atoms with van der Waals surface area (Å²) in [5, 5.41) is 15.9. The first-order valence-electron chi connectivity index (χ1n) is 11.0. The largest absolute Gasteiger partial charge is 0.355 e. The summed E-state index contributed by atoms with van der Waals surface area (Å²) in [5.41, 5.74) is 5.21. The maximum Gasteiger partial charge on any atom is 0.260 e. The lowest BCUT2D eigenvalue weighted by Crippen LogP contribution is -2.16. The molecular weight excluding hydrogens is 426 g/mol. The summed E-state index contributed by atoms with van der Waals surface area (Å²) >= 11 is 0. The number of nitrogens with one attached hydrogen (secondary N) is 2. The van der Waals surface area contributed by atoms with E-state index in [1.165, 1.54) is 10.9 Å². The van der Waals surface area contributed by atoms with Gasteiger partial charge in [0, 0.05) is 35.6 Å². The molecule has 0 fully saturated rings. The normalized spacial score (nSPS) is 11.6. The average molecular weight is 452 g/mol. The average Bonchev–Trinajstić information content (AvgIpc) is 2.84. The molecule has 7 nitrogen and oxygen atoms in total. The number of amides is 1. The Labute approximate surface area is 197 Å². The highest BCUT2D eigenvalue weighted by molar-refractivity contribution is 6.04. The van der Waals surface area contributed by atoms with Gasteiger partial charge >= 0.3 is 0 Å². The maximum absolute atomic E-state index is 12.9. The number of benzene rings is 3. The lowest BCUT2D eigenvalue weighted by Gasteiger charge is -2.13. The molecule has 4 aromatic rings. The van der Waals surface area contributed by atoms with Gasteiger partial charge in [0.1, 0.15) is 0 Å². The predicted molar refractivity (Wildman–Crippen MR) is 134 cm³/mol. The van der Waals surface area contributed by atoms with Crippen LogP contribution in [0.5, 0.6) is 0 Å². The van der Waals surface area contributed by atoms with Crippen molar-refractivity contribution >= 4 is 33.9 Å². The minimum absolute atomic E-state index is 0.113. The summed E-state index contributed by atoms with van der Waals surface area (Å²) < 4.78 is 1.45. The molecule has 1 aromatic heterocycles. The van der Waals surface area contributed by atoms with Gasteiger partial charge in [0.2, 0.25) is 0 Å². The number of nitriles is 1. The minimum atomic E-state index is -0.221. The van der Waals surface area contributed by atoms with Crippen LogP contribution in [0.2, 0.25) is 0 Å². The number of anilines is 3. The fourth-order valence-corrected chi connectivity index (χ4v) is 3.72. The topological polar surface area (TPSA) is 99.8 Å². The van der Waals surface area contributed by atoms with E-state index < -0.39 is 0 Å². The Bertz CT molecular complexity index is 1480. The van der Waals surface area contributed by atoms with Gasteiger partial charge in [-0.25, -0.2) is 4.98 Å². The van der Waals surface area contributed by atoms with E-state index in [2.05, 4.69) is 21.7 Å². The fraction of sp³-hybridized carbons (Fsp3) is 0.185. The van der Waals surface area contributed by atoms with E-state index in [-0.39, 0.29) is 17.4 Å². The number of fused-ring (bicyclic) bond motifs is 1. The number of aromatic nitrogens is 2. The van der Waals surface area contributed by atoms with Gasteiger partial charge in [-0.05, 0) is 73.9 Å². The van der Waals surface area contributed by atoms with Crippen molar-refractivity contribution in [1.29, 1.82) is 5.26 Å². The third-order valence-electron chi connectivity index (χ3n) is 5.64. The van der Waals surface area contributed by atoms with E-state index in [0.717, 1.165) is 22.5 Å². The summed E-state index contributed by atoms with van der Waals surface area (Å²) in [5.74, 6) is -0.336. The summed E-state index contributed by atoms with van der Waals surface area (Å²) in [6.07, 6.45) is 2.11. The quantitative estimate of drug-likeness (QED) is 0.433. The van der Waals surface area contributed by atoms with Gasteiger partial charge in [0.15, 0.2) is 0 Å². The molecule has 0 radical (unpaired) electrons.